The fourth-order valence-electron chi connectivity index (χ4n) is 2.82. The third kappa shape index (κ3) is 6.35. The van der Waals surface area contributed by atoms with Gasteiger partial charge in [-0.1, -0.05) is 53.5 Å². The van der Waals surface area contributed by atoms with Crippen molar-refractivity contribution in [2.75, 3.05) is 5.32 Å². The lowest BCUT2D eigenvalue weighted by molar-refractivity contribution is -0.155. The van der Waals surface area contributed by atoms with Gasteiger partial charge in [-0.25, -0.2) is 4.79 Å². The number of nitrogens with one attached hydrogen (secondary N) is 2. The Morgan fingerprint density at radius 1 is 1.03 bits per heavy atom. The second kappa shape index (κ2) is 10.8. The smallest absolute Gasteiger partial charge is 0.329 e. The minimum absolute atomic E-state index is 0.0547. The van der Waals surface area contributed by atoms with Crippen molar-refractivity contribution in [2.45, 2.75) is 25.5 Å². The fraction of sp³-hybridized carbons (Fsp3) is 0.174. The monoisotopic (exact) mass is 474 g/mol. The first kappa shape index (κ1) is 23.4. The summed E-state index contributed by atoms with van der Waals surface area (Å²) in [7, 11) is 0. The molecule has 2 N–H and O–H groups in total. The molecule has 0 saturated heterocycles. The lowest BCUT2D eigenvalue weighted by Gasteiger charge is -2.20. The van der Waals surface area contributed by atoms with Crippen LogP contribution in [0.1, 0.15) is 23.0 Å². The molecule has 0 fully saturated rings. The number of benzene rings is 2. The number of ether oxygens (including phenoxy) is 1. The Morgan fingerprint density at radius 2 is 1.78 bits per heavy atom. The third-order valence-corrected chi connectivity index (χ3v) is 5.02. The highest BCUT2D eigenvalue weighted by molar-refractivity contribution is 6.36. The van der Waals surface area contributed by atoms with Crippen LogP contribution in [-0.2, 0) is 20.7 Å². The summed E-state index contributed by atoms with van der Waals surface area (Å²) in [5, 5.41) is 5.85. The zero-order valence-corrected chi connectivity index (χ0v) is 18.5. The molecule has 0 radical (unpaired) electrons. The van der Waals surface area contributed by atoms with Gasteiger partial charge >= 0.3 is 5.97 Å². The van der Waals surface area contributed by atoms with E-state index in [1.54, 1.807) is 18.2 Å². The van der Waals surface area contributed by atoms with Crippen molar-refractivity contribution in [3.05, 3.63) is 88.3 Å². The minimum atomic E-state index is -1.15. The van der Waals surface area contributed by atoms with Gasteiger partial charge in [0.25, 0.3) is 11.8 Å². The second-order valence-electron chi connectivity index (χ2n) is 6.89. The van der Waals surface area contributed by atoms with Crippen molar-refractivity contribution in [1.29, 1.82) is 0 Å². The number of esters is 1. The number of amides is 2. The maximum absolute atomic E-state index is 12.8. The Hall–Kier alpha value is -3.29. The van der Waals surface area contributed by atoms with Gasteiger partial charge in [0.1, 0.15) is 6.04 Å². The molecule has 1 heterocycles. The van der Waals surface area contributed by atoms with Gasteiger partial charge in [0.2, 0.25) is 0 Å². The SMILES string of the molecule is C[C@@H](OC(=O)[C@H](Cc1ccccc1)NC(=O)c1ccco1)C(=O)Nc1ccc(Cl)cc1Cl. The average Bonchev–Trinajstić information content (AvgIpc) is 3.31. The van der Waals surface area contributed by atoms with Crippen molar-refractivity contribution in [1.82, 2.24) is 5.32 Å². The maximum atomic E-state index is 12.8. The highest BCUT2D eigenvalue weighted by atomic mass is 35.5. The van der Waals surface area contributed by atoms with E-state index in [2.05, 4.69) is 10.6 Å². The summed E-state index contributed by atoms with van der Waals surface area (Å²) < 4.78 is 10.4. The first-order chi connectivity index (χ1) is 15.3. The van der Waals surface area contributed by atoms with Gasteiger partial charge < -0.3 is 19.8 Å². The molecule has 0 aliphatic carbocycles. The van der Waals surface area contributed by atoms with Crippen molar-refractivity contribution < 1.29 is 23.5 Å². The van der Waals surface area contributed by atoms with E-state index < -0.39 is 29.9 Å². The standard InChI is InChI=1S/C23H20Cl2N2O5/c1-14(21(28)26-18-10-9-16(24)13-17(18)25)32-23(30)19(12-15-6-3-2-4-7-15)27-22(29)20-8-5-11-31-20/h2-11,13-14,19H,12H2,1H3,(H,26,28)(H,27,29)/t14-,19+/m1/s1. The van der Waals surface area contributed by atoms with Gasteiger partial charge in [-0.3, -0.25) is 9.59 Å². The van der Waals surface area contributed by atoms with Gasteiger partial charge in [-0.05, 0) is 42.8 Å². The third-order valence-electron chi connectivity index (χ3n) is 4.47. The van der Waals surface area contributed by atoms with Gasteiger partial charge in [-0.15, -0.1) is 0 Å². The molecule has 1 aromatic heterocycles. The first-order valence-corrected chi connectivity index (χ1v) is 10.4. The Balaban J connectivity index is 1.68. The van der Waals surface area contributed by atoms with Crippen LogP contribution in [0.15, 0.2) is 71.3 Å². The summed E-state index contributed by atoms with van der Waals surface area (Å²) in [4.78, 5) is 37.8. The van der Waals surface area contributed by atoms with Crippen LogP contribution in [0.4, 0.5) is 5.69 Å². The van der Waals surface area contributed by atoms with E-state index in [-0.39, 0.29) is 17.2 Å². The van der Waals surface area contributed by atoms with E-state index in [1.165, 1.54) is 25.3 Å². The normalized spacial score (nSPS) is 12.5. The molecule has 0 aliphatic rings. The molecule has 166 valence electrons. The zero-order valence-electron chi connectivity index (χ0n) is 17.0. The molecule has 0 unspecified atom stereocenters. The molecule has 7 nitrogen and oxygen atoms in total. The van der Waals surface area contributed by atoms with E-state index in [9.17, 15) is 14.4 Å². The average molecular weight is 475 g/mol. The number of hydrogen-bond acceptors (Lipinski definition) is 5. The number of halogens is 2. The first-order valence-electron chi connectivity index (χ1n) is 9.68. The summed E-state index contributed by atoms with van der Waals surface area (Å²) in [6.07, 6.45) is 0.380. The Labute approximate surface area is 194 Å². The summed E-state index contributed by atoms with van der Waals surface area (Å²) in [5.41, 5.74) is 1.13. The van der Waals surface area contributed by atoms with Crippen LogP contribution in [0.25, 0.3) is 0 Å². The predicted octanol–water partition coefficient (Wildman–Crippen LogP) is 4.50. The highest BCUT2D eigenvalue weighted by Crippen LogP contribution is 2.25. The molecule has 9 heteroatoms. The van der Waals surface area contributed by atoms with Crippen molar-refractivity contribution >= 4 is 46.7 Å². The van der Waals surface area contributed by atoms with Crippen LogP contribution in [-0.4, -0.2) is 29.9 Å². The molecule has 3 aromatic rings. The van der Waals surface area contributed by atoms with Gasteiger partial charge in [0.15, 0.2) is 11.9 Å². The lowest BCUT2D eigenvalue weighted by atomic mass is 10.1. The van der Waals surface area contributed by atoms with Crippen LogP contribution < -0.4 is 10.6 Å². The number of carbonyl (C=O) groups is 3. The molecule has 2 aromatic carbocycles. The Bertz CT molecular complexity index is 1090. The second-order valence-corrected chi connectivity index (χ2v) is 7.73. The summed E-state index contributed by atoms with van der Waals surface area (Å²) in [6, 6.07) is 15.7. The molecule has 3 rings (SSSR count). The van der Waals surface area contributed by atoms with E-state index in [4.69, 9.17) is 32.4 Å². The largest absolute Gasteiger partial charge is 0.459 e. The molecule has 2 amide bonds. The Kier molecular flexibility index (Phi) is 7.92. The fourth-order valence-corrected chi connectivity index (χ4v) is 3.27. The molecule has 32 heavy (non-hydrogen) atoms. The van der Waals surface area contributed by atoms with Gasteiger partial charge in [0.05, 0.1) is 17.0 Å². The van der Waals surface area contributed by atoms with E-state index in [0.717, 1.165) is 5.56 Å². The number of rotatable bonds is 8. The van der Waals surface area contributed by atoms with Gasteiger partial charge in [0, 0.05) is 11.4 Å². The molecular formula is C23H20Cl2N2O5. The predicted molar refractivity (Wildman–Crippen MR) is 121 cm³/mol. The van der Waals surface area contributed by atoms with Crippen molar-refractivity contribution in [3.63, 3.8) is 0 Å². The topological polar surface area (TPSA) is 97.6 Å². The molecule has 0 aliphatic heterocycles. The summed E-state index contributed by atoms with van der Waals surface area (Å²) in [6.45, 7) is 1.42. The molecule has 0 bridgehead atoms. The minimum Gasteiger partial charge on any atom is -0.459 e. The van der Waals surface area contributed by atoms with E-state index in [0.29, 0.717) is 10.7 Å². The number of carbonyl (C=O) groups excluding carboxylic acids is 3. The maximum Gasteiger partial charge on any atom is 0.329 e. The molecular weight excluding hydrogens is 455 g/mol. The molecule has 0 spiro atoms. The van der Waals surface area contributed by atoms with Crippen LogP contribution in [0.3, 0.4) is 0 Å². The quantitative estimate of drug-likeness (QED) is 0.468. The molecule has 0 saturated carbocycles. The van der Waals surface area contributed by atoms with Gasteiger partial charge in [-0.2, -0.15) is 0 Å². The molecule has 2 atom stereocenters. The Morgan fingerprint density at radius 3 is 2.44 bits per heavy atom. The van der Waals surface area contributed by atoms with Crippen molar-refractivity contribution in [2.24, 2.45) is 0 Å². The van der Waals surface area contributed by atoms with Crippen LogP contribution >= 0.6 is 23.2 Å². The lowest BCUT2D eigenvalue weighted by Crippen LogP contribution is -2.45. The number of anilines is 1. The summed E-state index contributed by atoms with van der Waals surface area (Å²) in [5.74, 6) is -1.87. The number of furan rings is 1. The zero-order chi connectivity index (χ0) is 23.1. The summed E-state index contributed by atoms with van der Waals surface area (Å²) >= 11 is 11.9. The van der Waals surface area contributed by atoms with Crippen LogP contribution in [0.5, 0.6) is 0 Å². The van der Waals surface area contributed by atoms with E-state index >= 15 is 0 Å². The van der Waals surface area contributed by atoms with Crippen LogP contribution in [0, 0.1) is 0 Å². The van der Waals surface area contributed by atoms with E-state index in [1.807, 2.05) is 30.3 Å². The van der Waals surface area contributed by atoms with Crippen LogP contribution in [0.2, 0.25) is 10.0 Å². The highest BCUT2D eigenvalue weighted by Gasteiger charge is 2.28. The van der Waals surface area contributed by atoms with Crippen molar-refractivity contribution in [3.8, 4) is 0 Å². The number of hydrogen-bond donors (Lipinski definition) is 2.